The van der Waals surface area contributed by atoms with Gasteiger partial charge in [0.25, 0.3) is 0 Å². The maximum absolute atomic E-state index is 12.1. The first kappa shape index (κ1) is 27.0. The van der Waals surface area contributed by atoms with Crippen molar-refractivity contribution in [1.82, 2.24) is 5.43 Å². The van der Waals surface area contributed by atoms with Crippen molar-refractivity contribution in [1.29, 1.82) is 0 Å². The zero-order chi connectivity index (χ0) is 25.9. The van der Waals surface area contributed by atoms with Crippen LogP contribution >= 0.6 is 23.2 Å². The Morgan fingerprint density at radius 3 is 2.47 bits per heavy atom. The van der Waals surface area contributed by atoms with Crippen molar-refractivity contribution in [2.75, 3.05) is 11.9 Å². The summed E-state index contributed by atoms with van der Waals surface area (Å²) in [7, 11) is 0. The number of hydrazone groups is 1. The molecule has 188 valence electrons. The van der Waals surface area contributed by atoms with Gasteiger partial charge >= 0.3 is 0 Å². The summed E-state index contributed by atoms with van der Waals surface area (Å²) < 4.78 is 11.6. The quantitative estimate of drug-likeness (QED) is 0.231. The molecule has 0 aromatic heterocycles. The van der Waals surface area contributed by atoms with Crippen molar-refractivity contribution < 1.29 is 19.1 Å². The lowest BCUT2D eigenvalue weighted by Crippen LogP contribution is -2.20. The number of para-hydroxylation sites is 1. The summed E-state index contributed by atoms with van der Waals surface area (Å²) in [4.78, 5) is 24.2. The molecule has 36 heavy (non-hydrogen) atoms. The molecule has 0 heterocycles. The molecule has 0 spiro atoms. The number of amides is 2. The van der Waals surface area contributed by atoms with Crippen LogP contribution in [0.4, 0.5) is 5.69 Å². The molecule has 0 unspecified atom stereocenters. The number of carbonyl (C=O) groups is 2. The van der Waals surface area contributed by atoms with Gasteiger partial charge in [0.2, 0.25) is 11.8 Å². The normalized spacial score (nSPS) is 10.8. The third-order valence-corrected chi connectivity index (χ3v) is 5.65. The number of ether oxygens (including phenoxy) is 2. The van der Waals surface area contributed by atoms with E-state index < -0.39 is 0 Å². The molecule has 3 aromatic carbocycles. The molecule has 0 atom stereocenters. The molecule has 0 bridgehead atoms. The van der Waals surface area contributed by atoms with Crippen LogP contribution in [0.5, 0.6) is 11.5 Å². The summed E-state index contributed by atoms with van der Waals surface area (Å²) >= 11 is 12.2. The second kappa shape index (κ2) is 13.5. The van der Waals surface area contributed by atoms with Crippen molar-refractivity contribution in [2.24, 2.45) is 5.10 Å². The highest BCUT2D eigenvalue weighted by molar-refractivity contribution is 6.35. The maximum Gasteiger partial charge on any atom is 0.240 e. The lowest BCUT2D eigenvalue weighted by atomic mass is 10.2. The predicted molar refractivity (Wildman–Crippen MR) is 143 cm³/mol. The van der Waals surface area contributed by atoms with Crippen LogP contribution in [-0.2, 0) is 16.2 Å². The highest BCUT2D eigenvalue weighted by Crippen LogP contribution is 2.30. The number of nitrogens with zero attached hydrogens (tertiary/aromatic N) is 1. The predicted octanol–water partition coefficient (Wildman–Crippen LogP) is 6.15. The van der Waals surface area contributed by atoms with E-state index in [1.54, 1.807) is 36.4 Å². The number of benzene rings is 3. The number of halogens is 2. The van der Waals surface area contributed by atoms with Crippen LogP contribution in [0.3, 0.4) is 0 Å². The molecule has 0 radical (unpaired) electrons. The fourth-order valence-electron chi connectivity index (χ4n) is 3.17. The van der Waals surface area contributed by atoms with Crippen molar-refractivity contribution in [2.45, 2.75) is 33.3 Å². The Morgan fingerprint density at radius 1 is 0.944 bits per heavy atom. The molecule has 0 aliphatic carbocycles. The van der Waals surface area contributed by atoms with E-state index in [4.69, 9.17) is 32.7 Å². The topological polar surface area (TPSA) is 89.0 Å². The number of hydrogen-bond donors (Lipinski definition) is 2. The second-order valence-corrected chi connectivity index (χ2v) is 8.66. The monoisotopic (exact) mass is 527 g/mol. The lowest BCUT2D eigenvalue weighted by molar-refractivity contribution is -0.124. The molecule has 3 rings (SSSR count). The van der Waals surface area contributed by atoms with Crippen molar-refractivity contribution >= 4 is 46.9 Å². The number of hydrogen-bond acceptors (Lipinski definition) is 5. The van der Waals surface area contributed by atoms with Crippen molar-refractivity contribution in [3.05, 3.63) is 87.4 Å². The van der Waals surface area contributed by atoms with Crippen LogP contribution in [0.25, 0.3) is 0 Å². The molecule has 7 nitrogen and oxygen atoms in total. The summed E-state index contributed by atoms with van der Waals surface area (Å²) in [6, 6.07) is 18.0. The average molecular weight is 528 g/mol. The standard InChI is InChI=1S/C27H27Cl2N3O4/c1-3-35-25-14-19(8-11-24(25)36-17-20-9-10-21(28)15-22(20)29)16-30-32-27(34)13-12-26(33)31-23-7-5-4-6-18(23)2/h4-11,14-16H,3,12-13,17H2,1-2H3,(H,31,33)(H,32,34). The van der Waals surface area contributed by atoms with Gasteiger partial charge in [0, 0.05) is 34.1 Å². The first-order valence-corrected chi connectivity index (χ1v) is 12.1. The Balaban J connectivity index is 1.51. The summed E-state index contributed by atoms with van der Waals surface area (Å²) in [6.45, 7) is 4.47. The Kier molecular flexibility index (Phi) is 10.2. The lowest BCUT2D eigenvalue weighted by Gasteiger charge is -2.13. The van der Waals surface area contributed by atoms with Gasteiger partial charge in [-0.1, -0.05) is 47.5 Å². The van der Waals surface area contributed by atoms with Crippen molar-refractivity contribution in [3.8, 4) is 11.5 Å². The molecule has 0 aliphatic heterocycles. The van der Waals surface area contributed by atoms with Gasteiger partial charge in [-0.3, -0.25) is 9.59 Å². The van der Waals surface area contributed by atoms with E-state index >= 15 is 0 Å². The number of anilines is 1. The first-order chi connectivity index (χ1) is 17.4. The second-order valence-electron chi connectivity index (χ2n) is 7.82. The van der Waals surface area contributed by atoms with Gasteiger partial charge in [0.05, 0.1) is 12.8 Å². The van der Waals surface area contributed by atoms with E-state index in [1.165, 1.54) is 6.21 Å². The minimum absolute atomic E-state index is 0.0132. The van der Waals surface area contributed by atoms with E-state index in [1.807, 2.05) is 38.1 Å². The molecule has 3 aromatic rings. The van der Waals surface area contributed by atoms with Gasteiger partial charge in [-0.25, -0.2) is 5.43 Å². The fourth-order valence-corrected chi connectivity index (χ4v) is 3.64. The Bertz CT molecular complexity index is 1250. The van der Waals surface area contributed by atoms with Gasteiger partial charge in [-0.2, -0.15) is 5.10 Å². The zero-order valence-corrected chi connectivity index (χ0v) is 21.5. The van der Waals surface area contributed by atoms with E-state index in [9.17, 15) is 9.59 Å². The van der Waals surface area contributed by atoms with E-state index in [0.29, 0.717) is 33.7 Å². The molecule has 9 heteroatoms. The third kappa shape index (κ3) is 8.29. The van der Waals surface area contributed by atoms with E-state index in [-0.39, 0.29) is 31.3 Å². The molecular formula is C27H27Cl2N3O4. The van der Waals surface area contributed by atoms with Crippen LogP contribution in [0, 0.1) is 6.92 Å². The highest BCUT2D eigenvalue weighted by atomic mass is 35.5. The largest absolute Gasteiger partial charge is 0.490 e. The van der Waals surface area contributed by atoms with Gasteiger partial charge in [-0.05, 0) is 61.4 Å². The van der Waals surface area contributed by atoms with Gasteiger partial charge in [-0.15, -0.1) is 0 Å². The minimum atomic E-state index is -0.365. The minimum Gasteiger partial charge on any atom is -0.490 e. The molecule has 2 N–H and O–H groups in total. The van der Waals surface area contributed by atoms with Gasteiger partial charge in [0.1, 0.15) is 6.61 Å². The van der Waals surface area contributed by atoms with Crippen LogP contribution in [-0.4, -0.2) is 24.6 Å². The first-order valence-electron chi connectivity index (χ1n) is 11.4. The van der Waals surface area contributed by atoms with E-state index in [2.05, 4.69) is 15.8 Å². The zero-order valence-electron chi connectivity index (χ0n) is 20.0. The van der Waals surface area contributed by atoms with Gasteiger partial charge < -0.3 is 14.8 Å². The number of carbonyl (C=O) groups excluding carboxylic acids is 2. The molecular weight excluding hydrogens is 501 g/mol. The smallest absolute Gasteiger partial charge is 0.240 e. The van der Waals surface area contributed by atoms with Gasteiger partial charge in [0.15, 0.2) is 11.5 Å². The summed E-state index contributed by atoms with van der Waals surface area (Å²) in [5.41, 5.74) is 5.62. The number of nitrogens with one attached hydrogen (secondary N) is 2. The fraction of sp³-hybridized carbons (Fsp3) is 0.222. The summed E-state index contributed by atoms with van der Waals surface area (Å²) in [5, 5.41) is 7.86. The number of aryl methyl sites for hydroxylation is 1. The van der Waals surface area contributed by atoms with Crippen LogP contribution < -0.4 is 20.2 Å². The average Bonchev–Trinajstić information content (AvgIpc) is 2.85. The summed E-state index contributed by atoms with van der Waals surface area (Å²) in [6.07, 6.45) is 1.56. The Hall–Kier alpha value is -3.55. The third-order valence-electron chi connectivity index (χ3n) is 5.07. The number of rotatable bonds is 11. The van der Waals surface area contributed by atoms with Crippen LogP contribution in [0.15, 0.2) is 65.8 Å². The molecule has 0 saturated heterocycles. The molecule has 0 aliphatic rings. The maximum atomic E-state index is 12.1. The molecule has 2 amide bonds. The SMILES string of the molecule is CCOc1cc(C=NNC(=O)CCC(=O)Nc2ccccc2C)ccc1OCc1ccc(Cl)cc1Cl. The van der Waals surface area contributed by atoms with E-state index in [0.717, 1.165) is 16.8 Å². The van der Waals surface area contributed by atoms with Crippen LogP contribution in [0.1, 0.15) is 36.5 Å². The Labute approximate surface area is 220 Å². The molecule has 0 fully saturated rings. The summed E-state index contributed by atoms with van der Waals surface area (Å²) in [5.74, 6) is 0.478. The highest BCUT2D eigenvalue weighted by Gasteiger charge is 2.10. The Morgan fingerprint density at radius 2 is 1.72 bits per heavy atom. The van der Waals surface area contributed by atoms with Crippen LogP contribution in [0.2, 0.25) is 10.0 Å². The van der Waals surface area contributed by atoms with Crippen molar-refractivity contribution in [3.63, 3.8) is 0 Å². The molecule has 0 saturated carbocycles.